The molecule has 0 fully saturated rings. The quantitative estimate of drug-likeness (QED) is 0.208. The fourth-order valence-electron chi connectivity index (χ4n) is 3.23. The molecule has 0 radical (unpaired) electrons. The van der Waals surface area contributed by atoms with Crippen molar-refractivity contribution in [2.24, 2.45) is 14.1 Å². The summed E-state index contributed by atoms with van der Waals surface area (Å²) in [5, 5.41) is 7.68. The molecule has 15 heteroatoms. The molecule has 4 heterocycles. The molecule has 0 aliphatic rings. The fourth-order valence-corrected chi connectivity index (χ4v) is 7.17. The van der Waals surface area contributed by atoms with Crippen LogP contribution >= 0.6 is 45.8 Å². The van der Waals surface area contributed by atoms with Crippen LogP contribution in [0.3, 0.4) is 0 Å². The summed E-state index contributed by atoms with van der Waals surface area (Å²) in [6.07, 6.45) is 9.06. The second-order valence-electron chi connectivity index (χ2n) is 8.28. The molecule has 0 amide bonds. The predicted molar refractivity (Wildman–Crippen MR) is 156 cm³/mol. The summed E-state index contributed by atoms with van der Waals surface area (Å²) in [4.78, 5) is 9.79. The van der Waals surface area contributed by atoms with Crippen molar-refractivity contribution < 1.29 is 16.8 Å². The smallest absolute Gasteiger partial charge is 0.192 e. The summed E-state index contributed by atoms with van der Waals surface area (Å²) < 4.78 is 51.3. The highest BCUT2D eigenvalue weighted by Crippen LogP contribution is 2.36. The van der Waals surface area contributed by atoms with Crippen LogP contribution in [0.5, 0.6) is 0 Å². The van der Waals surface area contributed by atoms with Crippen molar-refractivity contribution in [1.82, 2.24) is 29.5 Å². The van der Waals surface area contributed by atoms with Crippen LogP contribution in [0.1, 0.15) is 25.0 Å². The second kappa shape index (κ2) is 13.3. The molecule has 4 rings (SSSR count). The zero-order valence-electron chi connectivity index (χ0n) is 21.2. The van der Waals surface area contributed by atoms with E-state index < -0.39 is 24.4 Å². The Labute approximate surface area is 246 Å². The summed E-state index contributed by atoms with van der Waals surface area (Å²) >= 11 is 13.8. The van der Waals surface area contributed by atoms with Crippen LogP contribution in [0.4, 0.5) is 0 Å². The van der Waals surface area contributed by atoms with E-state index in [0.717, 1.165) is 0 Å². The maximum Gasteiger partial charge on any atom is 0.192 e. The number of alkyl halides is 1. The third kappa shape index (κ3) is 7.52. The van der Waals surface area contributed by atoms with Gasteiger partial charge in [0.25, 0.3) is 0 Å². The van der Waals surface area contributed by atoms with Gasteiger partial charge in [-0.05, 0) is 54.2 Å². The minimum Gasteiger partial charge on any atom is -0.273 e. The number of hydrogen-bond donors (Lipinski definition) is 0. The van der Waals surface area contributed by atoms with Gasteiger partial charge in [-0.1, -0.05) is 45.8 Å². The Bertz CT molecular complexity index is 1560. The average Bonchev–Trinajstić information content (AvgIpc) is 3.41. The molecule has 4 aromatic heterocycles. The van der Waals surface area contributed by atoms with Gasteiger partial charge < -0.3 is 0 Å². The highest BCUT2D eigenvalue weighted by Gasteiger charge is 2.39. The molecular weight excluding hydrogens is 686 g/mol. The van der Waals surface area contributed by atoms with Crippen LogP contribution in [0, 0.1) is 0 Å². The van der Waals surface area contributed by atoms with Crippen LogP contribution in [0.2, 0.25) is 10.3 Å². The Morgan fingerprint density at radius 3 is 1.63 bits per heavy atom. The van der Waals surface area contributed by atoms with Crippen molar-refractivity contribution in [2.45, 2.75) is 34.1 Å². The minimum atomic E-state index is -3.64. The maximum atomic E-state index is 12.7. The van der Waals surface area contributed by atoms with E-state index in [1.54, 1.807) is 77.0 Å². The Kier molecular flexibility index (Phi) is 11.3. The Hall–Kier alpha value is -2.07. The molecule has 0 aromatic carbocycles. The third-order valence-electron chi connectivity index (χ3n) is 5.28. The zero-order valence-corrected chi connectivity index (χ0v) is 26.5. The molecule has 0 bridgehead atoms. The van der Waals surface area contributed by atoms with Gasteiger partial charge in [0.15, 0.2) is 30.0 Å². The first-order valence-corrected chi connectivity index (χ1v) is 16.8. The van der Waals surface area contributed by atoms with Crippen LogP contribution in [0.15, 0.2) is 71.2 Å². The summed E-state index contributed by atoms with van der Waals surface area (Å²) in [7, 11) is -3.86. The molecule has 0 atom stereocenters. The number of rotatable bonds is 6. The van der Waals surface area contributed by atoms with Gasteiger partial charge >= 0.3 is 0 Å². The first-order valence-electron chi connectivity index (χ1n) is 10.8. The Morgan fingerprint density at radius 1 is 0.789 bits per heavy atom. The van der Waals surface area contributed by atoms with E-state index in [1.807, 2.05) is 4.93 Å². The number of nitrogens with zero attached hydrogens (tertiary/aromatic N) is 6. The van der Waals surface area contributed by atoms with Crippen LogP contribution in [0.25, 0.3) is 0 Å². The monoisotopic (exact) mass is 712 g/mol. The normalized spacial score (nSPS) is 11.7. The van der Waals surface area contributed by atoms with Gasteiger partial charge in [-0.3, -0.25) is 19.3 Å². The van der Waals surface area contributed by atoms with Crippen LogP contribution in [-0.2, 0) is 44.3 Å². The molecule has 206 valence electrons. The molecule has 0 aliphatic carbocycles. The van der Waals surface area contributed by atoms with E-state index in [2.05, 4.69) is 42.8 Å². The second-order valence-corrected chi connectivity index (χ2v) is 13.4. The lowest BCUT2D eigenvalue weighted by molar-refractivity contribution is 0.554. The molecule has 10 nitrogen and oxygen atoms in total. The van der Waals surface area contributed by atoms with Crippen LogP contribution in [-0.4, -0.2) is 51.3 Å². The molecule has 38 heavy (non-hydrogen) atoms. The standard InChI is InChI=1S/C12H14ClN3O2S.C10H10ClN3O2S.CH3I/c1-12(2,9-4-6-14-7-5-9)19(17,18)10-8-16(3)15-11(10)13;1-14-6-9(10(11)13-14)17(15,16)7-8-2-4-12-5-3-8;1-2/h4-8H,1-3H3;2-6H,7H2,1H3;1H3. The van der Waals surface area contributed by atoms with Gasteiger partial charge in [-0.15, -0.1) is 0 Å². The van der Waals surface area contributed by atoms with Crippen molar-refractivity contribution in [3.05, 3.63) is 82.9 Å². The van der Waals surface area contributed by atoms with Crippen molar-refractivity contribution in [1.29, 1.82) is 0 Å². The average molecular weight is 713 g/mol. The van der Waals surface area contributed by atoms with Crippen molar-refractivity contribution in [3.8, 4) is 0 Å². The third-order valence-corrected chi connectivity index (χ3v) is 10.2. The Morgan fingerprint density at radius 2 is 1.21 bits per heavy atom. The lowest BCUT2D eigenvalue weighted by atomic mass is 10.0. The SMILES string of the molecule is CI.Cn1cc(S(=O)(=O)C(C)(C)c2ccncc2)c(Cl)n1.Cn1cc(S(=O)(=O)Cc2ccncc2)c(Cl)n1. The van der Waals surface area contributed by atoms with E-state index in [9.17, 15) is 16.8 Å². The molecule has 0 unspecified atom stereocenters. The van der Waals surface area contributed by atoms with Crippen molar-refractivity contribution in [3.63, 3.8) is 0 Å². The number of aromatic nitrogens is 6. The van der Waals surface area contributed by atoms with E-state index in [0.29, 0.717) is 11.1 Å². The van der Waals surface area contributed by atoms with Gasteiger partial charge in [0.1, 0.15) is 9.79 Å². The highest BCUT2D eigenvalue weighted by atomic mass is 127. The lowest BCUT2D eigenvalue weighted by Crippen LogP contribution is -2.29. The first kappa shape index (κ1) is 32.1. The fraction of sp³-hybridized carbons (Fsp3) is 0.304. The van der Waals surface area contributed by atoms with Crippen molar-refractivity contribution >= 4 is 65.5 Å². The van der Waals surface area contributed by atoms with Crippen molar-refractivity contribution in [2.75, 3.05) is 4.93 Å². The molecule has 4 aromatic rings. The number of sulfone groups is 2. The topological polar surface area (TPSA) is 130 Å². The predicted octanol–water partition coefficient (Wildman–Crippen LogP) is 4.67. The summed E-state index contributed by atoms with van der Waals surface area (Å²) in [5.74, 6) is -0.110. The number of hydrogen-bond acceptors (Lipinski definition) is 8. The molecular formula is C23H27Cl2IN6O4S2. The summed E-state index contributed by atoms with van der Waals surface area (Å²) in [5.41, 5.74) is 1.32. The molecule has 0 saturated carbocycles. The van der Waals surface area contributed by atoms with Gasteiger partial charge in [-0.2, -0.15) is 10.2 Å². The van der Waals surface area contributed by atoms with E-state index >= 15 is 0 Å². The van der Waals surface area contributed by atoms with Gasteiger partial charge in [0, 0.05) is 51.3 Å². The zero-order chi connectivity index (χ0) is 28.7. The Balaban J connectivity index is 0.000000252. The number of halogens is 3. The highest BCUT2D eigenvalue weighted by molar-refractivity contribution is 14.1. The molecule has 0 N–H and O–H groups in total. The number of pyridine rings is 2. The van der Waals surface area contributed by atoms with Gasteiger partial charge in [-0.25, -0.2) is 16.8 Å². The molecule has 0 aliphatic heterocycles. The van der Waals surface area contributed by atoms with Gasteiger partial charge in [0.05, 0.1) is 10.5 Å². The lowest BCUT2D eigenvalue weighted by Gasteiger charge is -2.24. The largest absolute Gasteiger partial charge is 0.273 e. The van der Waals surface area contributed by atoms with E-state index in [-0.39, 0.29) is 25.9 Å². The van der Waals surface area contributed by atoms with Gasteiger partial charge in [0.2, 0.25) is 0 Å². The molecule has 0 spiro atoms. The first-order chi connectivity index (χ1) is 17.8. The van der Waals surface area contributed by atoms with Crippen LogP contribution < -0.4 is 0 Å². The summed E-state index contributed by atoms with van der Waals surface area (Å²) in [6.45, 7) is 3.28. The summed E-state index contributed by atoms with van der Waals surface area (Å²) in [6, 6.07) is 6.67. The van der Waals surface area contributed by atoms with E-state index in [1.165, 1.54) is 21.8 Å². The van der Waals surface area contributed by atoms with E-state index in [4.69, 9.17) is 23.2 Å². The number of aryl methyl sites for hydroxylation is 2. The molecule has 0 saturated heterocycles. The maximum absolute atomic E-state index is 12.7. The minimum absolute atomic E-state index is 0.00144.